The van der Waals surface area contributed by atoms with Crippen molar-refractivity contribution in [3.63, 3.8) is 0 Å². The number of aryl methyl sites for hydroxylation is 1. The van der Waals surface area contributed by atoms with Crippen molar-refractivity contribution in [3.05, 3.63) is 69.4 Å². The number of hydrogen-bond acceptors (Lipinski definition) is 3. The second-order valence-electron chi connectivity index (χ2n) is 6.08. The molecule has 5 nitrogen and oxygen atoms in total. The van der Waals surface area contributed by atoms with Crippen LogP contribution in [0.4, 0.5) is 17.6 Å². The lowest BCUT2D eigenvalue weighted by atomic mass is 9.92. The summed E-state index contributed by atoms with van der Waals surface area (Å²) in [5, 5.41) is 10.6. The Hall–Kier alpha value is -2.68. The zero-order valence-corrected chi connectivity index (χ0v) is 14.1. The number of carbonyl (C=O) groups is 1. The van der Waals surface area contributed by atoms with Gasteiger partial charge in [0.25, 0.3) is 0 Å². The first kappa shape index (κ1) is 20.6. The molecule has 1 aliphatic carbocycles. The van der Waals surface area contributed by atoms with E-state index >= 15 is 0 Å². The van der Waals surface area contributed by atoms with Crippen LogP contribution in [0.3, 0.4) is 0 Å². The molecule has 0 fully saturated rings. The number of halogens is 4. The highest BCUT2D eigenvalue weighted by molar-refractivity contribution is 5.73. The molecule has 0 aliphatic heterocycles. The third-order valence-electron chi connectivity index (χ3n) is 4.06. The van der Waals surface area contributed by atoms with E-state index in [0.29, 0.717) is 6.04 Å². The fraction of sp³-hybridized carbons (Fsp3) is 0.333. The Labute approximate surface area is 152 Å². The number of carboxylic acids is 1. The van der Waals surface area contributed by atoms with Gasteiger partial charge in [-0.25, -0.2) is 9.18 Å². The normalized spacial score (nSPS) is 16.1. The molecule has 1 heterocycles. The number of hydrogen-bond donors (Lipinski definition) is 3. The maximum atomic E-state index is 12.8. The average molecular weight is 386 g/mol. The minimum Gasteiger partial charge on any atom is -0.475 e. The molecule has 9 heteroatoms. The number of benzene rings is 1. The largest absolute Gasteiger partial charge is 0.490 e. The summed E-state index contributed by atoms with van der Waals surface area (Å²) in [4.78, 5) is 23.1. The maximum Gasteiger partial charge on any atom is 0.490 e. The number of aromatic amines is 1. The Morgan fingerprint density at radius 3 is 2.41 bits per heavy atom. The number of nitrogens with one attached hydrogen (secondary N) is 2. The van der Waals surface area contributed by atoms with Gasteiger partial charge in [-0.15, -0.1) is 0 Å². The van der Waals surface area contributed by atoms with E-state index in [1.54, 1.807) is 18.2 Å². The van der Waals surface area contributed by atoms with Crippen molar-refractivity contribution >= 4 is 5.97 Å². The van der Waals surface area contributed by atoms with Gasteiger partial charge in [-0.2, -0.15) is 13.2 Å². The molecule has 3 N–H and O–H groups in total. The van der Waals surface area contributed by atoms with Gasteiger partial charge in [0.2, 0.25) is 5.56 Å². The van der Waals surface area contributed by atoms with Crippen LogP contribution in [0.15, 0.2) is 41.2 Å². The van der Waals surface area contributed by atoms with Crippen molar-refractivity contribution in [2.75, 3.05) is 0 Å². The van der Waals surface area contributed by atoms with Crippen LogP contribution >= 0.6 is 0 Å². The summed E-state index contributed by atoms with van der Waals surface area (Å²) in [6, 6.07) is 10.5. The van der Waals surface area contributed by atoms with Gasteiger partial charge in [-0.1, -0.05) is 18.2 Å². The van der Waals surface area contributed by atoms with Crippen molar-refractivity contribution in [2.24, 2.45) is 0 Å². The van der Waals surface area contributed by atoms with Crippen molar-refractivity contribution in [1.82, 2.24) is 10.3 Å². The lowest BCUT2D eigenvalue weighted by Crippen LogP contribution is -2.35. The van der Waals surface area contributed by atoms with E-state index < -0.39 is 12.1 Å². The van der Waals surface area contributed by atoms with Gasteiger partial charge < -0.3 is 15.4 Å². The van der Waals surface area contributed by atoms with Crippen LogP contribution < -0.4 is 10.9 Å². The van der Waals surface area contributed by atoms with Crippen LogP contribution in [0, 0.1) is 5.82 Å². The molecule has 146 valence electrons. The zero-order chi connectivity index (χ0) is 20.0. The van der Waals surface area contributed by atoms with Crippen LogP contribution in [0.1, 0.15) is 23.2 Å². The molecule has 0 radical (unpaired) electrons. The van der Waals surface area contributed by atoms with E-state index in [4.69, 9.17) is 9.90 Å². The number of pyridine rings is 1. The second kappa shape index (κ2) is 8.81. The first-order chi connectivity index (χ1) is 12.6. The van der Waals surface area contributed by atoms with Gasteiger partial charge in [-0.3, -0.25) is 4.79 Å². The average Bonchev–Trinajstić information content (AvgIpc) is 2.61. The molecule has 1 aliphatic rings. The van der Waals surface area contributed by atoms with Gasteiger partial charge >= 0.3 is 12.1 Å². The maximum absolute atomic E-state index is 12.8. The van der Waals surface area contributed by atoms with E-state index in [2.05, 4.69) is 10.3 Å². The van der Waals surface area contributed by atoms with Crippen LogP contribution in [0.25, 0.3) is 0 Å². The van der Waals surface area contributed by atoms with E-state index in [1.807, 2.05) is 6.07 Å². The van der Waals surface area contributed by atoms with Crippen molar-refractivity contribution in [1.29, 1.82) is 0 Å². The Balaban J connectivity index is 0.000000321. The molecule has 0 amide bonds. The first-order valence-corrected chi connectivity index (χ1v) is 8.14. The molecule has 1 aromatic heterocycles. The van der Waals surface area contributed by atoms with Gasteiger partial charge in [0.05, 0.1) is 0 Å². The summed E-state index contributed by atoms with van der Waals surface area (Å²) in [5.74, 6) is -2.96. The number of H-pyrrole nitrogens is 1. The lowest BCUT2D eigenvalue weighted by Gasteiger charge is -2.25. The highest BCUT2D eigenvalue weighted by atomic mass is 19.4. The molecule has 2 aromatic rings. The van der Waals surface area contributed by atoms with E-state index in [0.717, 1.165) is 37.1 Å². The molecule has 0 spiro atoms. The zero-order valence-electron chi connectivity index (χ0n) is 14.1. The molecule has 3 rings (SSSR count). The molecule has 27 heavy (non-hydrogen) atoms. The molecular weight excluding hydrogens is 368 g/mol. The molecule has 1 unspecified atom stereocenters. The van der Waals surface area contributed by atoms with Crippen LogP contribution in [-0.2, 0) is 24.2 Å². The summed E-state index contributed by atoms with van der Waals surface area (Å²) in [7, 11) is 0. The summed E-state index contributed by atoms with van der Waals surface area (Å²) in [6.45, 7) is 0.740. The van der Waals surface area contributed by atoms with Crippen molar-refractivity contribution < 1.29 is 27.5 Å². The van der Waals surface area contributed by atoms with E-state index in [9.17, 15) is 22.4 Å². The van der Waals surface area contributed by atoms with Gasteiger partial charge in [0.15, 0.2) is 0 Å². The highest BCUT2D eigenvalue weighted by Crippen LogP contribution is 2.18. The smallest absolute Gasteiger partial charge is 0.475 e. The molecular formula is C18H18F4N2O3. The SMILES string of the molecule is O=C(O)C(F)(F)F.O=c1ccc2c([nH]1)CCC(NCc1ccc(F)cc1)C2. The fourth-order valence-electron chi connectivity index (χ4n) is 2.69. The molecule has 0 saturated heterocycles. The molecule has 1 atom stereocenters. The predicted octanol–water partition coefficient (Wildman–Crippen LogP) is 2.79. The first-order valence-electron chi connectivity index (χ1n) is 8.14. The quantitative estimate of drug-likeness (QED) is 0.709. The predicted molar refractivity (Wildman–Crippen MR) is 89.8 cm³/mol. The van der Waals surface area contributed by atoms with Crippen molar-refractivity contribution in [3.8, 4) is 0 Å². The number of alkyl halides is 3. The topological polar surface area (TPSA) is 82.2 Å². The highest BCUT2D eigenvalue weighted by Gasteiger charge is 2.38. The molecule has 0 saturated carbocycles. The molecule has 0 bridgehead atoms. The minimum atomic E-state index is -5.08. The summed E-state index contributed by atoms with van der Waals surface area (Å²) >= 11 is 0. The Bertz CT molecular complexity index is 832. The Morgan fingerprint density at radius 1 is 1.19 bits per heavy atom. The van der Waals surface area contributed by atoms with Crippen LogP contribution in [0.5, 0.6) is 0 Å². The number of carboxylic acid groups (broad SMARTS) is 1. The Kier molecular flexibility index (Phi) is 6.73. The standard InChI is InChI=1S/C16H17FN2O.C2HF3O2/c17-13-4-1-11(2-5-13)10-18-14-6-7-15-12(9-14)3-8-16(20)19-15;3-2(4,5)1(6)7/h1-5,8,14,18H,6-7,9-10H2,(H,19,20);(H,6,7). The minimum absolute atomic E-state index is 0.0264. The van der Waals surface area contributed by atoms with Gasteiger partial charge in [0, 0.05) is 24.3 Å². The summed E-state index contributed by atoms with van der Waals surface area (Å²) < 4.78 is 44.6. The monoisotopic (exact) mass is 386 g/mol. The summed E-state index contributed by atoms with van der Waals surface area (Å²) in [6.07, 6.45) is -2.26. The third-order valence-corrected chi connectivity index (χ3v) is 4.06. The number of rotatable bonds is 3. The number of fused-ring (bicyclic) bond motifs is 1. The van der Waals surface area contributed by atoms with E-state index in [1.165, 1.54) is 17.7 Å². The van der Waals surface area contributed by atoms with Gasteiger partial charge in [-0.05, 0) is 42.5 Å². The lowest BCUT2D eigenvalue weighted by molar-refractivity contribution is -0.192. The molecule has 1 aromatic carbocycles. The summed E-state index contributed by atoms with van der Waals surface area (Å²) in [5.41, 5.74) is 3.34. The Morgan fingerprint density at radius 2 is 1.81 bits per heavy atom. The van der Waals surface area contributed by atoms with Gasteiger partial charge in [0.1, 0.15) is 5.82 Å². The third kappa shape index (κ3) is 6.52. The van der Waals surface area contributed by atoms with Crippen LogP contribution in [0.2, 0.25) is 0 Å². The second-order valence-corrected chi connectivity index (χ2v) is 6.08. The van der Waals surface area contributed by atoms with Crippen LogP contribution in [-0.4, -0.2) is 28.3 Å². The number of aromatic nitrogens is 1. The fourth-order valence-corrected chi connectivity index (χ4v) is 2.69. The van der Waals surface area contributed by atoms with E-state index in [-0.39, 0.29) is 11.4 Å². The number of aliphatic carboxylic acids is 1. The van der Waals surface area contributed by atoms with Crippen molar-refractivity contribution in [2.45, 2.75) is 38.0 Å².